The zero-order valence-electron chi connectivity index (χ0n) is 10.5. The van der Waals surface area contributed by atoms with Gasteiger partial charge in [-0.1, -0.05) is 13.8 Å². The average Bonchev–Trinajstić information content (AvgIpc) is 2.60. The summed E-state index contributed by atoms with van der Waals surface area (Å²) in [5.41, 5.74) is 2.41. The number of rotatable bonds is 7. The van der Waals surface area contributed by atoms with Gasteiger partial charge in [-0.25, -0.2) is 0 Å². The van der Waals surface area contributed by atoms with Gasteiger partial charge in [0.2, 0.25) is 0 Å². The third kappa shape index (κ3) is 4.14. The Morgan fingerprint density at radius 2 is 2.31 bits per heavy atom. The van der Waals surface area contributed by atoms with Gasteiger partial charge in [0.25, 0.3) is 0 Å². The summed E-state index contributed by atoms with van der Waals surface area (Å²) in [4.78, 5) is 0. The van der Waals surface area contributed by atoms with Crippen LogP contribution in [0.4, 0.5) is 0 Å². The van der Waals surface area contributed by atoms with Crippen molar-refractivity contribution >= 4 is 11.6 Å². The second-order valence-corrected chi connectivity index (χ2v) is 4.70. The first kappa shape index (κ1) is 13.5. The zero-order valence-corrected chi connectivity index (χ0v) is 11.2. The van der Waals surface area contributed by atoms with E-state index in [4.69, 9.17) is 11.6 Å². The first-order valence-corrected chi connectivity index (χ1v) is 6.49. The second-order valence-electron chi connectivity index (χ2n) is 4.32. The normalized spacial score (nSPS) is 13.0. The maximum atomic E-state index is 5.70. The molecule has 0 aliphatic rings. The first-order valence-electron chi connectivity index (χ1n) is 5.95. The molecule has 0 fully saturated rings. The number of hydrogen-bond donors (Lipinski definition) is 1. The fraction of sp³-hybridized carbons (Fsp3) is 0.750. The van der Waals surface area contributed by atoms with Crippen molar-refractivity contribution < 1.29 is 0 Å². The second kappa shape index (κ2) is 6.92. The van der Waals surface area contributed by atoms with Crippen molar-refractivity contribution in [1.82, 2.24) is 15.1 Å². The fourth-order valence-electron chi connectivity index (χ4n) is 1.64. The highest BCUT2D eigenvalue weighted by atomic mass is 35.5. The Morgan fingerprint density at radius 3 is 2.88 bits per heavy atom. The molecule has 1 aromatic rings. The third-order valence-electron chi connectivity index (χ3n) is 2.79. The quantitative estimate of drug-likeness (QED) is 0.745. The number of aromatic nitrogens is 2. The molecule has 0 aliphatic carbocycles. The minimum absolute atomic E-state index is 0.636. The van der Waals surface area contributed by atoms with Crippen LogP contribution in [-0.2, 0) is 20.0 Å². The Hall–Kier alpha value is -0.540. The lowest BCUT2D eigenvalue weighted by Gasteiger charge is -2.10. The van der Waals surface area contributed by atoms with Crippen molar-refractivity contribution in [3.05, 3.63) is 17.5 Å². The van der Waals surface area contributed by atoms with Crippen LogP contribution < -0.4 is 5.32 Å². The lowest BCUT2D eigenvalue weighted by Crippen LogP contribution is -2.22. The molecule has 1 N–H and O–H groups in total. The van der Waals surface area contributed by atoms with Crippen molar-refractivity contribution in [1.29, 1.82) is 0 Å². The van der Waals surface area contributed by atoms with Gasteiger partial charge < -0.3 is 5.32 Å². The summed E-state index contributed by atoms with van der Waals surface area (Å²) in [6, 6.07) is 2.17. The van der Waals surface area contributed by atoms with Crippen LogP contribution in [0.2, 0.25) is 0 Å². The van der Waals surface area contributed by atoms with E-state index < -0.39 is 0 Å². The highest BCUT2D eigenvalue weighted by Gasteiger charge is 2.04. The molecule has 1 atom stereocenters. The fourth-order valence-corrected chi connectivity index (χ4v) is 2.02. The molecular weight excluding hydrogens is 222 g/mol. The van der Waals surface area contributed by atoms with Crippen LogP contribution in [0.5, 0.6) is 0 Å². The Labute approximate surface area is 103 Å². The topological polar surface area (TPSA) is 29.9 Å². The maximum absolute atomic E-state index is 5.70. The Balaban J connectivity index is 2.33. The average molecular weight is 244 g/mol. The number of alkyl halides is 1. The summed E-state index contributed by atoms with van der Waals surface area (Å²) in [6.07, 6.45) is 2.07. The Kier molecular flexibility index (Phi) is 5.85. The number of halogens is 1. The van der Waals surface area contributed by atoms with E-state index >= 15 is 0 Å². The smallest absolute Gasteiger partial charge is 0.0625 e. The van der Waals surface area contributed by atoms with Gasteiger partial charge in [-0.2, -0.15) is 5.10 Å². The molecule has 0 saturated carbocycles. The standard InChI is InChI=1S/C12H22ClN3/c1-4-11-7-12(16(3)15-11)9-14-8-10(2)5-6-13/h7,10,14H,4-6,8-9H2,1-3H3. The van der Waals surface area contributed by atoms with Crippen molar-refractivity contribution in [3.63, 3.8) is 0 Å². The lowest BCUT2D eigenvalue weighted by molar-refractivity contribution is 0.493. The summed E-state index contributed by atoms with van der Waals surface area (Å²) in [5, 5.41) is 7.86. The summed E-state index contributed by atoms with van der Waals surface area (Å²) in [5.74, 6) is 1.38. The van der Waals surface area contributed by atoms with Crippen LogP contribution in [0.15, 0.2) is 6.07 Å². The van der Waals surface area contributed by atoms with Crippen molar-refractivity contribution in [2.45, 2.75) is 33.2 Å². The third-order valence-corrected chi connectivity index (χ3v) is 3.01. The lowest BCUT2D eigenvalue weighted by atomic mass is 10.1. The molecule has 0 spiro atoms. The van der Waals surface area contributed by atoms with Crippen LogP contribution in [0.1, 0.15) is 31.7 Å². The molecule has 3 nitrogen and oxygen atoms in total. The number of nitrogens with one attached hydrogen (secondary N) is 1. The minimum Gasteiger partial charge on any atom is -0.311 e. The van der Waals surface area contributed by atoms with E-state index in [0.717, 1.165) is 37.5 Å². The van der Waals surface area contributed by atoms with Crippen molar-refractivity contribution in [2.24, 2.45) is 13.0 Å². The predicted octanol–water partition coefficient (Wildman–Crippen LogP) is 2.34. The van der Waals surface area contributed by atoms with E-state index in [2.05, 4.69) is 30.3 Å². The van der Waals surface area contributed by atoms with Gasteiger partial charge in [0.1, 0.15) is 0 Å². The summed E-state index contributed by atoms with van der Waals surface area (Å²) in [6.45, 7) is 6.24. The van der Waals surface area contributed by atoms with Crippen LogP contribution in [-0.4, -0.2) is 22.2 Å². The molecule has 16 heavy (non-hydrogen) atoms. The first-order chi connectivity index (χ1) is 7.67. The number of aryl methyl sites for hydroxylation is 2. The molecule has 0 radical (unpaired) electrons. The molecule has 1 aromatic heterocycles. The number of nitrogens with zero attached hydrogens (tertiary/aromatic N) is 2. The summed E-state index contributed by atoms with van der Waals surface area (Å²) in [7, 11) is 2.00. The molecule has 1 heterocycles. The van der Waals surface area contributed by atoms with Crippen LogP contribution in [0.3, 0.4) is 0 Å². The highest BCUT2D eigenvalue weighted by Crippen LogP contribution is 2.05. The monoisotopic (exact) mass is 243 g/mol. The Morgan fingerprint density at radius 1 is 1.56 bits per heavy atom. The maximum Gasteiger partial charge on any atom is 0.0625 e. The molecule has 0 saturated heterocycles. The van der Waals surface area contributed by atoms with Crippen LogP contribution >= 0.6 is 11.6 Å². The Bertz CT molecular complexity index is 309. The molecule has 0 amide bonds. The van der Waals surface area contributed by atoms with Gasteiger partial charge in [0.05, 0.1) is 11.4 Å². The summed E-state index contributed by atoms with van der Waals surface area (Å²) < 4.78 is 1.96. The van der Waals surface area contributed by atoms with Crippen LogP contribution in [0.25, 0.3) is 0 Å². The van der Waals surface area contributed by atoms with Crippen molar-refractivity contribution in [2.75, 3.05) is 12.4 Å². The zero-order chi connectivity index (χ0) is 12.0. The molecule has 4 heteroatoms. The SMILES string of the molecule is CCc1cc(CNCC(C)CCCl)n(C)n1. The van der Waals surface area contributed by atoms with Gasteiger partial charge in [-0.15, -0.1) is 11.6 Å². The van der Waals surface area contributed by atoms with E-state index in [1.165, 1.54) is 5.69 Å². The molecule has 0 bridgehead atoms. The van der Waals surface area contributed by atoms with Gasteiger partial charge in [-0.3, -0.25) is 4.68 Å². The highest BCUT2D eigenvalue weighted by molar-refractivity contribution is 6.17. The van der Waals surface area contributed by atoms with E-state index in [0.29, 0.717) is 5.92 Å². The molecule has 92 valence electrons. The molecular formula is C12H22ClN3. The van der Waals surface area contributed by atoms with E-state index in [1.54, 1.807) is 0 Å². The molecule has 1 unspecified atom stereocenters. The van der Waals surface area contributed by atoms with Gasteiger partial charge in [0, 0.05) is 19.5 Å². The summed E-state index contributed by atoms with van der Waals surface area (Å²) >= 11 is 5.70. The van der Waals surface area contributed by atoms with Crippen LogP contribution in [0, 0.1) is 5.92 Å². The molecule has 0 aliphatic heterocycles. The predicted molar refractivity (Wildman–Crippen MR) is 68.8 cm³/mol. The van der Waals surface area contributed by atoms with Crippen molar-refractivity contribution in [3.8, 4) is 0 Å². The van der Waals surface area contributed by atoms with Gasteiger partial charge in [-0.05, 0) is 31.4 Å². The van der Waals surface area contributed by atoms with Gasteiger partial charge in [0.15, 0.2) is 0 Å². The minimum atomic E-state index is 0.636. The van der Waals surface area contributed by atoms with E-state index in [9.17, 15) is 0 Å². The molecule has 0 aromatic carbocycles. The van der Waals surface area contributed by atoms with Gasteiger partial charge >= 0.3 is 0 Å². The van der Waals surface area contributed by atoms with E-state index in [1.807, 2.05) is 11.7 Å². The molecule has 1 rings (SSSR count). The van der Waals surface area contributed by atoms with E-state index in [-0.39, 0.29) is 0 Å². The number of hydrogen-bond acceptors (Lipinski definition) is 2. The largest absolute Gasteiger partial charge is 0.311 e.